The van der Waals surface area contributed by atoms with Crippen molar-refractivity contribution < 1.29 is 9.13 Å². The van der Waals surface area contributed by atoms with E-state index in [-0.39, 0.29) is 23.1 Å². The maximum absolute atomic E-state index is 14.5. The molecule has 0 aliphatic heterocycles. The van der Waals surface area contributed by atoms with Crippen LogP contribution < -0.4 is 16.0 Å². The number of nitrogens with zero attached hydrogens (tertiary/aromatic N) is 1. The van der Waals surface area contributed by atoms with E-state index in [9.17, 15) is 4.39 Å². The molecule has 0 amide bonds. The summed E-state index contributed by atoms with van der Waals surface area (Å²) in [5.41, 5.74) is 3.07. The molecule has 0 saturated heterocycles. The zero-order chi connectivity index (χ0) is 15.3. The van der Waals surface area contributed by atoms with Crippen molar-refractivity contribution in [2.45, 2.75) is 38.3 Å². The first-order valence-corrected chi connectivity index (χ1v) is 6.94. The van der Waals surface area contributed by atoms with Crippen LogP contribution >= 0.6 is 0 Å². The monoisotopic (exact) mass is 283 g/mol. The lowest BCUT2D eigenvalue weighted by molar-refractivity contribution is 0.0863. The Morgan fingerprint density at radius 1 is 1.35 bits per heavy atom. The maximum Gasteiger partial charge on any atom is 0.169 e. The molecule has 0 heterocycles. The summed E-state index contributed by atoms with van der Waals surface area (Å²) in [5, 5.41) is 0. The van der Waals surface area contributed by atoms with Crippen molar-refractivity contribution in [3.63, 3.8) is 0 Å². The van der Waals surface area contributed by atoms with Crippen LogP contribution in [0.15, 0.2) is 18.2 Å². The van der Waals surface area contributed by atoms with E-state index < -0.39 is 0 Å². The summed E-state index contributed by atoms with van der Waals surface area (Å²) in [6.07, 6.45) is 1.70. The molecule has 0 aliphatic rings. The third kappa shape index (κ3) is 2.80. The number of halogens is 1. The minimum absolute atomic E-state index is 0.239. The van der Waals surface area contributed by atoms with Gasteiger partial charge in [-0.1, -0.05) is 26.0 Å². The van der Waals surface area contributed by atoms with Crippen molar-refractivity contribution in [2.24, 2.45) is 5.84 Å². The Morgan fingerprint density at radius 3 is 2.35 bits per heavy atom. The molecule has 0 aromatic heterocycles. The SMILES string of the molecule is CCC(CC)(C(NN)c1cccc(OC)c1F)N(C)C. The number of nitrogens with two attached hydrogens (primary N) is 1. The molecule has 0 spiro atoms. The molecule has 0 bridgehead atoms. The highest BCUT2D eigenvalue weighted by molar-refractivity contribution is 5.35. The van der Waals surface area contributed by atoms with Gasteiger partial charge in [0, 0.05) is 11.1 Å². The minimum Gasteiger partial charge on any atom is -0.494 e. The number of hydrazine groups is 1. The molecule has 3 N–H and O–H groups in total. The van der Waals surface area contributed by atoms with Crippen molar-refractivity contribution >= 4 is 0 Å². The largest absolute Gasteiger partial charge is 0.494 e. The zero-order valence-corrected chi connectivity index (χ0v) is 13.0. The van der Waals surface area contributed by atoms with E-state index in [1.54, 1.807) is 18.2 Å². The Kier molecular flexibility index (Phi) is 5.92. The van der Waals surface area contributed by atoms with Gasteiger partial charge in [0.25, 0.3) is 0 Å². The third-order valence-corrected chi connectivity index (χ3v) is 4.34. The number of rotatable bonds is 7. The van der Waals surface area contributed by atoms with E-state index in [1.165, 1.54) is 7.11 Å². The second kappa shape index (κ2) is 7.02. The average Bonchev–Trinajstić information content (AvgIpc) is 2.45. The lowest BCUT2D eigenvalue weighted by Gasteiger charge is -2.45. The number of likely N-dealkylation sites (N-methyl/N-ethyl adjacent to an activating group) is 1. The smallest absolute Gasteiger partial charge is 0.169 e. The lowest BCUT2D eigenvalue weighted by Crippen LogP contribution is -2.54. The van der Waals surface area contributed by atoms with Crippen LogP contribution in [0.4, 0.5) is 4.39 Å². The molecule has 1 aromatic rings. The molecule has 1 unspecified atom stereocenters. The van der Waals surface area contributed by atoms with Gasteiger partial charge >= 0.3 is 0 Å². The zero-order valence-electron chi connectivity index (χ0n) is 13.0. The normalized spacial score (nSPS) is 13.6. The van der Waals surface area contributed by atoms with Crippen LogP contribution in [-0.2, 0) is 0 Å². The Balaban J connectivity index is 3.38. The summed E-state index contributed by atoms with van der Waals surface area (Å²) in [6.45, 7) is 4.18. The number of benzene rings is 1. The molecule has 0 radical (unpaired) electrons. The van der Waals surface area contributed by atoms with Crippen molar-refractivity contribution in [1.82, 2.24) is 10.3 Å². The predicted octanol–water partition coefficient (Wildman–Crippen LogP) is 2.46. The van der Waals surface area contributed by atoms with E-state index >= 15 is 0 Å². The Labute approximate surface area is 121 Å². The molecule has 1 aromatic carbocycles. The van der Waals surface area contributed by atoms with Crippen LogP contribution in [0, 0.1) is 5.82 Å². The third-order valence-electron chi connectivity index (χ3n) is 4.34. The predicted molar refractivity (Wildman–Crippen MR) is 80.0 cm³/mol. The van der Waals surface area contributed by atoms with E-state index in [1.807, 2.05) is 14.1 Å². The van der Waals surface area contributed by atoms with E-state index in [0.717, 1.165) is 12.8 Å². The van der Waals surface area contributed by atoms with E-state index in [4.69, 9.17) is 10.6 Å². The summed E-state index contributed by atoms with van der Waals surface area (Å²) in [6, 6.07) is 4.84. The number of hydrogen-bond donors (Lipinski definition) is 2. The topological polar surface area (TPSA) is 50.5 Å². The molecule has 20 heavy (non-hydrogen) atoms. The molecule has 0 fully saturated rings. The van der Waals surface area contributed by atoms with Gasteiger partial charge in [-0.15, -0.1) is 0 Å². The van der Waals surface area contributed by atoms with Gasteiger partial charge in [-0.05, 0) is 33.0 Å². The van der Waals surface area contributed by atoms with Crippen molar-refractivity contribution in [1.29, 1.82) is 0 Å². The van der Waals surface area contributed by atoms with Gasteiger partial charge in [-0.3, -0.25) is 11.3 Å². The lowest BCUT2D eigenvalue weighted by atomic mass is 9.79. The van der Waals surface area contributed by atoms with Crippen molar-refractivity contribution in [3.05, 3.63) is 29.6 Å². The summed E-state index contributed by atoms with van der Waals surface area (Å²) >= 11 is 0. The van der Waals surface area contributed by atoms with Crippen LogP contribution in [0.5, 0.6) is 5.75 Å². The summed E-state index contributed by atoms with van der Waals surface area (Å²) in [7, 11) is 5.46. The summed E-state index contributed by atoms with van der Waals surface area (Å²) in [5.74, 6) is 5.64. The van der Waals surface area contributed by atoms with Gasteiger partial charge in [0.05, 0.1) is 13.2 Å². The van der Waals surface area contributed by atoms with Gasteiger partial charge in [0.2, 0.25) is 0 Å². The van der Waals surface area contributed by atoms with Gasteiger partial charge in [0.1, 0.15) is 0 Å². The van der Waals surface area contributed by atoms with Gasteiger partial charge in [0.15, 0.2) is 11.6 Å². The highest BCUT2D eigenvalue weighted by atomic mass is 19.1. The first kappa shape index (κ1) is 16.9. The standard InChI is InChI=1S/C15H26FN3O/c1-6-15(7-2,19(3)4)14(18-17)11-9-8-10-12(20-5)13(11)16/h8-10,14,18H,6-7,17H2,1-5H3. The number of nitrogens with one attached hydrogen (secondary N) is 1. The number of hydrogen-bond acceptors (Lipinski definition) is 4. The molecule has 1 rings (SSSR count). The summed E-state index contributed by atoms with van der Waals surface area (Å²) in [4.78, 5) is 2.11. The first-order valence-electron chi connectivity index (χ1n) is 6.94. The van der Waals surface area contributed by atoms with Crippen LogP contribution in [-0.4, -0.2) is 31.6 Å². The molecular weight excluding hydrogens is 257 g/mol. The number of methoxy groups -OCH3 is 1. The maximum atomic E-state index is 14.5. The molecular formula is C15H26FN3O. The van der Waals surface area contributed by atoms with Gasteiger partial charge < -0.3 is 9.64 Å². The molecule has 5 heteroatoms. The quantitative estimate of drug-likeness (QED) is 0.596. The first-order chi connectivity index (χ1) is 9.48. The molecule has 0 aliphatic carbocycles. The second-order valence-corrected chi connectivity index (χ2v) is 5.17. The van der Waals surface area contributed by atoms with Gasteiger partial charge in [-0.2, -0.15) is 0 Å². The summed E-state index contributed by atoms with van der Waals surface area (Å²) < 4.78 is 19.6. The molecule has 114 valence electrons. The highest BCUT2D eigenvalue weighted by Crippen LogP contribution is 2.38. The Hall–Kier alpha value is -1.17. The average molecular weight is 283 g/mol. The Morgan fingerprint density at radius 2 is 1.95 bits per heavy atom. The molecule has 4 nitrogen and oxygen atoms in total. The fourth-order valence-corrected chi connectivity index (χ4v) is 2.99. The second-order valence-electron chi connectivity index (χ2n) is 5.17. The van der Waals surface area contributed by atoms with Crippen LogP contribution in [0.2, 0.25) is 0 Å². The minimum atomic E-state index is -0.355. The van der Waals surface area contributed by atoms with Crippen molar-refractivity contribution in [2.75, 3.05) is 21.2 Å². The molecule has 0 saturated carbocycles. The fraction of sp³-hybridized carbons (Fsp3) is 0.600. The van der Waals surface area contributed by atoms with E-state index in [2.05, 4.69) is 24.2 Å². The Bertz CT molecular complexity index is 433. The fourth-order valence-electron chi connectivity index (χ4n) is 2.99. The van der Waals surface area contributed by atoms with Crippen molar-refractivity contribution in [3.8, 4) is 5.75 Å². The van der Waals surface area contributed by atoms with Crippen LogP contribution in [0.25, 0.3) is 0 Å². The number of ether oxygens (including phenoxy) is 1. The van der Waals surface area contributed by atoms with Crippen LogP contribution in [0.3, 0.4) is 0 Å². The van der Waals surface area contributed by atoms with E-state index in [0.29, 0.717) is 5.56 Å². The highest BCUT2D eigenvalue weighted by Gasteiger charge is 2.39. The van der Waals surface area contributed by atoms with Crippen LogP contribution in [0.1, 0.15) is 38.3 Å². The van der Waals surface area contributed by atoms with Gasteiger partial charge in [-0.25, -0.2) is 4.39 Å². The molecule has 1 atom stereocenters.